The predicted molar refractivity (Wildman–Crippen MR) is 97.4 cm³/mol. The highest BCUT2D eigenvalue weighted by molar-refractivity contribution is 7.99. The van der Waals surface area contributed by atoms with Crippen molar-refractivity contribution in [3.63, 3.8) is 0 Å². The smallest absolute Gasteiger partial charge is 0.224 e. The van der Waals surface area contributed by atoms with Crippen LogP contribution in [0.4, 0.5) is 5.69 Å². The lowest BCUT2D eigenvalue weighted by Crippen LogP contribution is -2.11. The standard InChI is InChI=1S/C18H20ClNO2S/c19-14-9-11-15(12-10-14)23-13-5-1-2-8-18(22)20-16-6-3-4-7-17(16)21/h3-4,6-7,9-12,21H,1-2,5,8,13H2,(H,20,22). The molecule has 23 heavy (non-hydrogen) atoms. The maximum absolute atomic E-state index is 11.8. The maximum Gasteiger partial charge on any atom is 0.224 e. The van der Waals surface area contributed by atoms with Gasteiger partial charge >= 0.3 is 0 Å². The molecule has 2 aromatic carbocycles. The van der Waals surface area contributed by atoms with Crippen molar-refractivity contribution in [2.45, 2.75) is 30.6 Å². The summed E-state index contributed by atoms with van der Waals surface area (Å²) in [6.45, 7) is 0. The summed E-state index contributed by atoms with van der Waals surface area (Å²) in [6, 6.07) is 14.6. The van der Waals surface area contributed by atoms with Crippen molar-refractivity contribution < 1.29 is 9.90 Å². The normalized spacial score (nSPS) is 10.5. The van der Waals surface area contributed by atoms with Crippen LogP contribution < -0.4 is 5.32 Å². The zero-order valence-corrected chi connectivity index (χ0v) is 14.4. The number of anilines is 1. The van der Waals surface area contributed by atoms with Gasteiger partial charge in [-0.2, -0.15) is 0 Å². The lowest BCUT2D eigenvalue weighted by molar-refractivity contribution is -0.116. The lowest BCUT2D eigenvalue weighted by Gasteiger charge is -2.07. The largest absolute Gasteiger partial charge is 0.506 e. The Labute approximate surface area is 146 Å². The van der Waals surface area contributed by atoms with Crippen molar-refractivity contribution in [2.75, 3.05) is 11.1 Å². The molecule has 0 atom stereocenters. The van der Waals surface area contributed by atoms with Crippen LogP contribution in [0.25, 0.3) is 0 Å². The molecule has 2 N–H and O–H groups in total. The number of rotatable bonds is 8. The first-order chi connectivity index (χ1) is 11.1. The fourth-order valence-electron chi connectivity index (χ4n) is 2.08. The summed E-state index contributed by atoms with van der Waals surface area (Å²) in [5.74, 6) is 1.07. The van der Waals surface area contributed by atoms with E-state index >= 15 is 0 Å². The van der Waals surface area contributed by atoms with E-state index in [1.807, 2.05) is 24.3 Å². The van der Waals surface area contributed by atoms with Crippen molar-refractivity contribution in [3.8, 4) is 5.75 Å². The van der Waals surface area contributed by atoms with Gasteiger partial charge in [0.2, 0.25) is 5.91 Å². The van der Waals surface area contributed by atoms with Gasteiger partial charge in [0.05, 0.1) is 5.69 Å². The number of halogens is 1. The number of hydrogen-bond donors (Lipinski definition) is 2. The topological polar surface area (TPSA) is 49.3 Å². The number of amides is 1. The third-order valence-corrected chi connectivity index (χ3v) is 4.66. The Hall–Kier alpha value is -1.65. The number of nitrogens with one attached hydrogen (secondary N) is 1. The zero-order chi connectivity index (χ0) is 16.5. The molecule has 2 rings (SSSR count). The molecular formula is C18H20ClNO2S. The van der Waals surface area contributed by atoms with Gasteiger partial charge in [-0.25, -0.2) is 0 Å². The third kappa shape index (κ3) is 6.55. The second kappa shape index (κ2) is 9.48. The van der Waals surface area contributed by atoms with E-state index in [0.29, 0.717) is 12.1 Å². The van der Waals surface area contributed by atoms with Gasteiger partial charge in [-0.1, -0.05) is 30.2 Å². The first-order valence-electron chi connectivity index (χ1n) is 7.61. The molecule has 0 radical (unpaired) electrons. The monoisotopic (exact) mass is 349 g/mol. The number of para-hydroxylation sites is 2. The molecule has 0 aromatic heterocycles. The Morgan fingerprint density at radius 3 is 2.52 bits per heavy atom. The van der Waals surface area contributed by atoms with Gasteiger partial charge in [0.25, 0.3) is 0 Å². The number of phenols is 1. The Bertz CT molecular complexity index is 631. The van der Waals surface area contributed by atoms with Gasteiger partial charge in [-0.15, -0.1) is 11.8 Å². The summed E-state index contributed by atoms with van der Waals surface area (Å²) in [4.78, 5) is 13.0. The molecule has 0 saturated heterocycles. The molecule has 0 spiro atoms. The number of phenolic OH excluding ortho intramolecular Hbond substituents is 1. The van der Waals surface area contributed by atoms with E-state index in [-0.39, 0.29) is 11.7 Å². The van der Waals surface area contributed by atoms with Gasteiger partial charge in [0.15, 0.2) is 0 Å². The van der Waals surface area contributed by atoms with Crippen LogP contribution in [0.1, 0.15) is 25.7 Å². The number of carbonyl (C=O) groups excluding carboxylic acids is 1. The molecule has 122 valence electrons. The SMILES string of the molecule is O=C(CCCCCSc1ccc(Cl)cc1)Nc1ccccc1O. The molecule has 3 nitrogen and oxygen atoms in total. The number of carbonyl (C=O) groups is 1. The third-order valence-electron chi connectivity index (χ3n) is 3.31. The van der Waals surface area contributed by atoms with E-state index in [0.717, 1.165) is 30.0 Å². The predicted octanol–water partition coefficient (Wildman–Crippen LogP) is 5.34. The summed E-state index contributed by atoms with van der Waals surface area (Å²) < 4.78 is 0. The Balaban J connectivity index is 1.57. The second-order valence-electron chi connectivity index (χ2n) is 5.18. The Kier molecular flexibility index (Phi) is 7.30. The highest BCUT2D eigenvalue weighted by Gasteiger charge is 2.05. The minimum atomic E-state index is -0.0585. The number of benzene rings is 2. The van der Waals surface area contributed by atoms with Crippen molar-refractivity contribution in [1.29, 1.82) is 0 Å². The Morgan fingerprint density at radius 1 is 1.04 bits per heavy atom. The van der Waals surface area contributed by atoms with E-state index in [1.165, 1.54) is 4.90 Å². The molecule has 5 heteroatoms. The Morgan fingerprint density at radius 2 is 1.78 bits per heavy atom. The summed E-state index contributed by atoms with van der Waals surface area (Å²) in [5.41, 5.74) is 0.468. The number of unbranched alkanes of at least 4 members (excludes halogenated alkanes) is 2. The highest BCUT2D eigenvalue weighted by Crippen LogP contribution is 2.23. The first kappa shape index (κ1) is 17.7. The fraction of sp³-hybridized carbons (Fsp3) is 0.278. The fourth-order valence-corrected chi connectivity index (χ4v) is 3.12. The molecule has 0 fully saturated rings. The number of thioether (sulfide) groups is 1. The zero-order valence-electron chi connectivity index (χ0n) is 12.8. The highest BCUT2D eigenvalue weighted by atomic mass is 35.5. The van der Waals surface area contributed by atoms with Crippen LogP contribution in [0.5, 0.6) is 5.75 Å². The molecule has 0 aliphatic heterocycles. The first-order valence-corrected chi connectivity index (χ1v) is 8.98. The molecule has 0 unspecified atom stereocenters. The quantitative estimate of drug-likeness (QED) is 0.384. The van der Waals surface area contributed by atoms with Gasteiger partial charge in [0.1, 0.15) is 5.75 Å². The van der Waals surface area contributed by atoms with Crippen LogP contribution in [-0.4, -0.2) is 16.8 Å². The summed E-state index contributed by atoms with van der Waals surface area (Å²) in [7, 11) is 0. The van der Waals surface area contributed by atoms with E-state index in [2.05, 4.69) is 5.32 Å². The molecule has 0 bridgehead atoms. The molecule has 0 heterocycles. The number of aromatic hydroxyl groups is 1. The molecule has 0 saturated carbocycles. The molecule has 2 aromatic rings. The van der Waals surface area contributed by atoms with E-state index in [1.54, 1.807) is 36.0 Å². The number of hydrogen-bond acceptors (Lipinski definition) is 3. The minimum absolute atomic E-state index is 0.0585. The maximum atomic E-state index is 11.8. The van der Waals surface area contributed by atoms with Crippen molar-refractivity contribution in [2.24, 2.45) is 0 Å². The van der Waals surface area contributed by atoms with Crippen LogP contribution >= 0.6 is 23.4 Å². The minimum Gasteiger partial charge on any atom is -0.506 e. The van der Waals surface area contributed by atoms with Crippen molar-refractivity contribution >= 4 is 35.0 Å². The van der Waals surface area contributed by atoms with Crippen molar-refractivity contribution in [3.05, 3.63) is 53.6 Å². The summed E-state index contributed by atoms with van der Waals surface area (Å²) >= 11 is 7.65. The second-order valence-corrected chi connectivity index (χ2v) is 6.78. The van der Waals surface area contributed by atoms with E-state index in [4.69, 9.17) is 11.6 Å². The van der Waals surface area contributed by atoms with Crippen molar-refractivity contribution in [1.82, 2.24) is 0 Å². The molecule has 0 aliphatic carbocycles. The summed E-state index contributed by atoms with van der Waals surface area (Å²) in [6.07, 6.45) is 3.40. The van der Waals surface area contributed by atoms with Crippen LogP contribution in [0.2, 0.25) is 5.02 Å². The molecular weight excluding hydrogens is 330 g/mol. The molecule has 1 amide bonds. The average Bonchev–Trinajstić information content (AvgIpc) is 2.54. The molecule has 0 aliphatic rings. The van der Waals surface area contributed by atoms with Gasteiger partial charge in [0, 0.05) is 16.3 Å². The van der Waals surface area contributed by atoms with E-state index < -0.39 is 0 Å². The van der Waals surface area contributed by atoms with Crippen LogP contribution in [0, 0.1) is 0 Å². The van der Waals surface area contributed by atoms with Gasteiger partial charge < -0.3 is 10.4 Å². The van der Waals surface area contributed by atoms with E-state index in [9.17, 15) is 9.90 Å². The van der Waals surface area contributed by atoms with Crippen LogP contribution in [-0.2, 0) is 4.79 Å². The summed E-state index contributed by atoms with van der Waals surface area (Å²) in [5, 5.41) is 13.1. The van der Waals surface area contributed by atoms with Gasteiger partial charge in [-0.3, -0.25) is 4.79 Å². The van der Waals surface area contributed by atoms with Gasteiger partial charge in [-0.05, 0) is 55.0 Å². The average molecular weight is 350 g/mol. The lowest BCUT2D eigenvalue weighted by atomic mass is 10.2. The van der Waals surface area contributed by atoms with Crippen LogP contribution in [0.15, 0.2) is 53.4 Å². The van der Waals surface area contributed by atoms with Crippen LogP contribution in [0.3, 0.4) is 0 Å².